The van der Waals surface area contributed by atoms with Crippen molar-refractivity contribution in [3.8, 4) is 5.75 Å². The van der Waals surface area contributed by atoms with Gasteiger partial charge in [-0.1, -0.05) is 17.7 Å². The number of amides is 1. The number of carbonyl (C=O) groups excluding carboxylic acids is 1. The maximum atomic E-state index is 12.6. The number of ether oxygens (including phenoxy) is 1. The summed E-state index contributed by atoms with van der Waals surface area (Å²) in [7, 11) is -2.16. The van der Waals surface area contributed by atoms with Crippen LogP contribution in [-0.2, 0) is 14.8 Å². The molecule has 0 spiro atoms. The first-order chi connectivity index (χ1) is 12.1. The molecule has 8 heteroatoms. The van der Waals surface area contributed by atoms with Crippen LogP contribution in [-0.4, -0.2) is 33.7 Å². The van der Waals surface area contributed by atoms with Crippen LogP contribution in [0.5, 0.6) is 5.75 Å². The third kappa shape index (κ3) is 4.68. The SMILES string of the molecule is COc1ccc(N([C@H](C)C(=O)Nc2ccc(C)c(Cl)c2)S(C)(=O)=O)cc1. The molecule has 0 unspecified atom stereocenters. The van der Waals surface area contributed by atoms with Gasteiger partial charge in [-0.05, 0) is 55.8 Å². The Balaban J connectivity index is 2.29. The topological polar surface area (TPSA) is 75.7 Å². The predicted molar refractivity (Wildman–Crippen MR) is 105 cm³/mol. The molecular weight excluding hydrogens is 376 g/mol. The van der Waals surface area contributed by atoms with Gasteiger partial charge in [-0.15, -0.1) is 0 Å². The number of benzene rings is 2. The van der Waals surface area contributed by atoms with Crippen molar-refractivity contribution in [3.63, 3.8) is 0 Å². The fraction of sp³-hybridized carbons (Fsp3) is 0.278. The van der Waals surface area contributed by atoms with Crippen molar-refractivity contribution in [2.24, 2.45) is 0 Å². The number of halogens is 1. The van der Waals surface area contributed by atoms with Gasteiger partial charge in [-0.25, -0.2) is 8.42 Å². The molecule has 0 saturated carbocycles. The summed E-state index contributed by atoms with van der Waals surface area (Å²) in [6.45, 7) is 3.38. The quantitative estimate of drug-likeness (QED) is 0.811. The maximum Gasteiger partial charge on any atom is 0.247 e. The molecule has 26 heavy (non-hydrogen) atoms. The molecule has 0 aliphatic heterocycles. The minimum Gasteiger partial charge on any atom is -0.497 e. The molecule has 0 saturated heterocycles. The Hall–Kier alpha value is -2.25. The average Bonchev–Trinajstić information content (AvgIpc) is 2.57. The van der Waals surface area contributed by atoms with E-state index in [9.17, 15) is 13.2 Å². The predicted octanol–water partition coefficient (Wildman–Crippen LogP) is 3.45. The molecule has 2 aromatic rings. The molecule has 0 aromatic heterocycles. The molecule has 1 amide bonds. The molecule has 0 radical (unpaired) electrons. The van der Waals surface area contributed by atoms with Gasteiger partial charge >= 0.3 is 0 Å². The molecule has 0 aliphatic rings. The lowest BCUT2D eigenvalue weighted by atomic mass is 10.2. The summed E-state index contributed by atoms with van der Waals surface area (Å²) in [6, 6.07) is 10.6. The van der Waals surface area contributed by atoms with E-state index in [1.807, 2.05) is 6.92 Å². The van der Waals surface area contributed by atoms with Crippen LogP contribution in [0.4, 0.5) is 11.4 Å². The Bertz CT molecular complexity index is 898. The third-order valence-corrected chi connectivity index (χ3v) is 5.50. The number of rotatable bonds is 6. The lowest BCUT2D eigenvalue weighted by Gasteiger charge is -2.28. The number of hydrogen-bond donors (Lipinski definition) is 1. The molecule has 140 valence electrons. The second-order valence-corrected chi connectivity index (χ2v) is 8.15. The van der Waals surface area contributed by atoms with E-state index in [1.165, 1.54) is 14.0 Å². The first kappa shape index (κ1) is 20.1. The van der Waals surface area contributed by atoms with E-state index < -0.39 is 22.0 Å². The van der Waals surface area contributed by atoms with Gasteiger partial charge in [0.05, 0.1) is 19.1 Å². The van der Waals surface area contributed by atoms with Crippen LogP contribution >= 0.6 is 11.6 Å². The molecule has 6 nitrogen and oxygen atoms in total. The minimum atomic E-state index is -3.68. The van der Waals surface area contributed by atoms with Crippen molar-refractivity contribution in [2.45, 2.75) is 19.9 Å². The van der Waals surface area contributed by atoms with Crippen LogP contribution in [0.25, 0.3) is 0 Å². The van der Waals surface area contributed by atoms with E-state index in [1.54, 1.807) is 42.5 Å². The Morgan fingerprint density at radius 1 is 1.19 bits per heavy atom. The van der Waals surface area contributed by atoms with Gasteiger partial charge < -0.3 is 10.1 Å². The van der Waals surface area contributed by atoms with Crippen molar-refractivity contribution >= 4 is 38.9 Å². The summed E-state index contributed by atoms with van der Waals surface area (Å²) in [6.07, 6.45) is 1.06. The molecule has 1 atom stereocenters. The number of methoxy groups -OCH3 is 1. The number of hydrogen-bond acceptors (Lipinski definition) is 4. The summed E-state index contributed by atoms with van der Waals surface area (Å²) in [4.78, 5) is 12.6. The lowest BCUT2D eigenvalue weighted by Crippen LogP contribution is -2.45. The largest absolute Gasteiger partial charge is 0.497 e. The van der Waals surface area contributed by atoms with Gasteiger partial charge in [0.2, 0.25) is 15.9 Å². The van der Waals surface area contributed by atoms with E-state index in [0.717, 1.165) is 16.1 Å². The van der Waals surface area contributed by atoms with Crippen LogP contribution in [0.1, 0.15) is 12.5 Å². The summed E-state index contributed by atoms with van der Waals surface area (Å²) < 4.78 is 30.7. The average molecular weight is 397 g/mol. The van der Waals surface area contributed by atoms with Crippen molar-refractivity contribution < 1.29 is 17.9 Å². The van der Waals surface area contributed by atoms with Gasteiger partial charge in [0.15, 0.2) is 0 Å². The van der Waals surface area contributed by atoms with Crippen LogP contribution in [0, 0.1) is 6.92 Å². The van der Waals surface area contributed by atoms with Crippen LogP contribution in [0.2, 0.25) is 5.02 Å². The molecule has 2 aromatic carbocycles. The molecule has 0 heterocycles. The van der Waals surface area contributed by atoms with Crippen LogP contribution < -0.4 is 14.4 Å². The second-order valence-electron chi connectivity index (χ2n) is 5.89. The monoisotopic (exact) mass is 396 g/mol. The Kier molecular flexibility index (Phi) is 6.15. The molecular formula is C18H21ClN2O4S. The molecule has 2 rings (SSSR count). The van der Waals surface area contributed by atoms with Gasteiger partial charge in [0, 0.05) is 10.7 Å². The van der Waals surface area contributed by atoms with Crippen LogP contribution in [0.15, 0.2) is 42.5 Å². The fourth-order valence-electron chi connectivity index (χ4n) is 2.46. The second kappa shape index (κ2) is 7.97. The molecule has 0 fully saturated rings. The third-order valence-electron chi connectivity index (χ3n) is 3.85. The zero-order valence-electron chi connectivity index (χ0n) is 15.0. The van der Waals surface area contributed by atoms with E-state index in [-0.39, 0.29) is 0 Å². The Morgan fingerprint density at radius 2 is 1.81 bits per heavy atom. The van der Waals surface area contributed by atoms with E-state index >= 15 is 0 Å². The first-order valence-electron chi connectivity index (χ1n) is 7.84. The van der Waals surface area contributed by atoms with Crippen molar-refractivity contribution in [3.05, 3.63) is 53.1 Å². The van der Waals surface area contributed by atoms with Crippen molar-refractivity contribution in [1.82, 2.24) is 0 Å². The number of aryl methyl sites for hydroxylation is 1. The fourth-order valence-corrected chi connectivity index (χ4v) is 3.81. The summed E-state index contributed by atoms with van der Waals surface area (Å²) in [5.41, 5.74) is 1.76. The highest BCUT2D eigenvalue weighted by atomic mass is 35.5. The van der Waals surface area contributed by atoms with E-state index in [2.05, 4.69) is 5.32 Å². The Morgan fingerprint density at radius 3 is 2.31 bits per heavy atom. The van der Waals surface area contributed by atoms with E-state index in [0.29, 0.717) is 22.1 Å². The molecule has 0 bridgehead atoms. The minimum absolute atomic E-state index is 0.373. The molecule has 1 N–H and O–H groups in total. The standard InChI is InChI=1S/C18H21ClN2O4S/c1-12-5-6-14(11-17(12)19)20-18(22)13(2)21(26(4,23)24)15-7-9-16(25-3)10-8-15/h5-11,13H,1-4H3,(H,20,22)/t13-/m1/s1. The number of carbonyl (C=O) groups is 1. The van der Waals surface area contributed by atoms with E-state index in [4.69, 9.17) is 16.3 Å². The maximum absolute atomic E-state index is 12.6. The first-order valence-corrected chi connectivity index (χ1v) is 10.1. The summed E-state index contributed by atoms with van der Waals surface area (Å²) in [5, 5.41) is 3.22. The Labute approximate surface area is 158 Å². The smallest absolute Gasteiger partial charge is 0.247 e. The van der Waals surface area contributed by atoms with Crippen LogP contribution in [0.3, 0.4) is 0 Å². The highest BCUT2D eigenvalue weighted by Gasteiger charge is 2.29. The zero-order chi connectivity index (χ0) is 19.5. The number of nitrogens with one attached hydrogen (secondary N) is 1. The summed E-state index contributed by atoms with van der Waals surface area (Å²) >= 11 is 6.07. The summed E-state index contributed by atoms with van der Waals surface area (Å²) in [5.74, 6) is 0.125. The highest BCUT2D eigenvalue weighted by molar-refractivity contribution is 7.92. The van der Waals surface area contributed by atoms with Gasteiger partial charge in [0.1, 0.15) is 11.8 Å². The number of sulfonamides is 1. The molecule has 0 aliphatic carbocycles. The lowest BCUT2D eigenvalue weighted by molar-refractivity contribution is -0.116. The zero-order valence-corrected chi connectivity index (χ0v) is 16.6. The highest BCUT2D eigenvalue weighted by Crippen LogP contribution is 2.25. The number of anilines is 2. The van der Waals surface area contributed by atoms with Gasteiger partial charge in [-0.2, -0.15) is 0 Å². The van der Waals surface area contributed by atoms with Gasteiger partial charge in [0.25, 0.3) is 0 Å². The van der Waals surface area contributed by atoms with Crippen molar-refractivity contribution in [1.29, 1.82) is 0 Å². The van der Waals surface area contributed by atoms with Crippen molar-refractivity contribution in [2.75, 3.05) is 23.0 Å². The number of nitrogens with zero attached hydrogens (tertiary/aromatic N) is 1. The van der Waals surface area contributed by atoms with Gasteiger partial charge in [-0.3, -0.25) is 9.10 Å². The normalized spacial score (nSPS) is 12.3.